The van der Waals surface area contributed by atoms with Gasteiger partial charge in [0.2, 0.25) is 0 Å². The Labute approximate surface area is 210 Å². The SMILES string of the molecule is Cc1cc(C2NNC3CC4NC(=O)N([C@@H]5CCCN(Cc6cc(F)ccc6F)C5)CC4CC32)ccn1. The molecule has 192 valence electrons. The van der Waals surface area contributed by atoms with E-state index in [-0.39, 0.29) is 30.0 Å². The van der Waals surface area contributed by atoms with Crippen LogP contribution in [0.4, 0.5) is 13.6 Å². The second-order valence-electron chi connectivity index (χ2n) is 11.0. The molecule has 5 unspecified atom stereocenters. The number of aryl methyl sites for hydroxylation is 1. The summed E-state index contributed by atoms with van der Waals surface area (Å²) in [5.41, 5.74) is 9.64. The molecule has 4 heterocycles. The van der Waals surface area contributed by atoms with Crippen molar-refractivity contribution < 1.29 is 13.6 Å². The van der Waals surface area contributed by atoms with Crippen molar-refractivity contribution in [3.63, 3.8) is 0 Å². The number of hydrogen-bond donors (Lipinski definition) is 3. The molecule has 3 aliphatic heterocycles. The van der Waals surface area contributed by atoms with Gasteiger partial charge in [-0.1, -0.05) is 0 Å². The number of amides is 2. The lowest BCUT2D eigenvalue weighted by atomic mass is 9.71. The van der Waals surface area contributed by atoms with E-state index in [1.165, 1.54) is 17.7 Å². The smallest absolute Gasteiger partial charge is 0.317 e. The van der Waals surface area contributed by atoms with Gasteiger partial charge in [-0.25, -0.2) is 19.0 Å². The quantitative estimate of drug-likeness (QED) is 0.606. The second kappa shape index (κ2) is 9.68. The molecule has 7 nitrogen and oxygen atoms in total. The van der Waals surface area contributed by atoms with E-state index in [1.54, 1.807) is 0 Å². The number of rotatable bonds is 4. The molecule has 3 saturated heterocycles. The average molecular weight is 497 g/mol. The number of carbonyl (C=O) groups is 1. The summed E-state index contributed by atoms with van der Waals surface area (Å²) in [5.74, 6) is 0.0236. The lowest BCUT2D eigenvalue weighted by molar-refractivity contribution is 0.0521. The number of halogens is 2. The monoisotopic (exact) mass is 496 g/mol. The first-order valence-corrected chi connectivity index (χ1v) is 13.1. The van der Waals surface area contributed by atoms with Gasteiger partial charge in [0.1, 0.15) is 11.6 Å². The summed E-state index contributed by atoms with van der Waals surface area (Å²) in [5, 5.41) is 3.30. The molecule has 2 aromatic rings. The third-order valence-electron chi connectivity index (χ3n) is 8.62. The number of hydrazine groups is 1. The Balaban J connectivity index is 1.13. The van der Waals surface area contributed by atoms with Gasteiger partial charge in [-0.2, -0.15) is 0 Å². The minimum Gasteiger partial charge on any atom is -0.335 e. The van der Waals surface area contributed by atoms with Gasteiger partial charge >= 0.3 is 6.03 Å². The molecule has 36 heavy (non-hydrogen) atoms. The maximum absolute atomic E-state index is 14.2. The lowest BCUT2D eigenvalue weighted by Crippen LogP contribution is -2.64. The fourth-order valence-electron chi connectivity index (χ4n) is 6.85. The summed E-state index contributed by atoms with van der Waals surface area (Å²) < 4.78 is 27.9. The van der Waals surface area contributed by atoms with Gasteiger partial charge in [0.05, 0.1) is 6.04 Å². The van der Waals surface area contributed by atoms with Crippen molar-refractivity contribution in [1.82, 2.24) is 31.0 Å². The number of nitrogens with zero attached hydrogens (tertiary/aromatic N) is 3. The zero-order valence-electron chi connectivity index (χ0n) is 20.6. The first-order valence-electron chi connectivity index (χ1n) is 13.1. The molecule has 3 N–H and O–H groups in total. The highest BCUT2D eigenvalue weighted by atomic mass is 19.1. The number of piperidine rings is 1. The van der Waals surface area contributed by atoms with E-state index < -0.39 is 5.82 Å². The van der Waals surface area contributed by atoms with Crippen LogP contribution in [0.5, 0.6) is 0 Å². The minimum atomic E-state index is -0.423. The Kier molecular flexibility index (Phi) is 6.39. The van der Waals surface area contributed by atoms with E-state index in [9.17, 15) is 13.6 Å². The molecule has 1 saturated carbocycles. The Bertz CT molecular complexity index is 1130. The standard InChI is InChI=1S/C27H34F2N6O/c1-16-9-17(6-7-30-16)26-22-11-19-14-35(27(36)31-24(19)12-25(22)32-33-26)21-3-2-8-34(15-21)13-18-10-20(28)4-5-23(18)29/h4-7,9-10,19,21-22,24-26,32-33H,2-3,8,11-15H2,1H3,(H,31,36)/t19?,21-,22?,24?,25?,26?/m1/s1. The van der Waals surface area contributed by atoms with E-state index in [4.69, 9.17) is 0 Å². The summed E-state index contributed by atoms with van der Waals surface area (Å²) in [6.07, 6.45) is 5.68. The number of likely N-dealkylation sites (tertiary alicyclic amines) is 1. The van der Waals surface area contributed by atoms with E-state index >= 15 is 0 Å². The highest BCUT2D eigenvalue weighted by molar-refractivity contribution is 5.76. The highest BCUT2D eigenvalue weighted by Gasteiger charge is 2.48. The Hall–Kier alpha value is -2.62. The number of benzene rings is 1. The van der Waals surface area contributed by atoms with Crippen LogP contribution in [0.3, 0.4) is 0 Å². The summed E-state index contributed by atoms with van der Waals surface area (Å²) in [4.78, 5) is 21.7. The first kappa shape index (κ1) is 23.8. The molecule has 0 radical (unpaired) electrons. The van der Waals surface area contributed by atoms with Crippen LogP contribution < -0.4 is 16.2 Å². The van der Waals surface area contributed by atoms with Crippen LogP contribution in [0.2, 0.25) is 0 Å². The van der Waals surface area contributed by atoms with E-state index in [2.05, 4.69) is 38.2 Å². The summed E-state index contributed by atoms with van der Waals surface area (Å²) in [6.45, 7) is 4.62. The second-order valence-corrected chi connectivity index (χ2v) is 11.0. The number of fused-ring (bicyclic) bond motifs is 2. The van der Waals surface area contributed by atoms with Crippen molar-refractivity contribution in [3.05, 3.63) is 65.0 Å². The molecule has 6 atom stereocenters. The van der Waals surface area contributed by atoms with E-state index in [0.29, 0.717) is 36.5 Å². The van der Waals surface area contributed by atoms with Gasteiger partial charge < -0.3 is 10.2 Å². The molecule has 2 amide bonds. The summed E-state index contributed by atoms with van der Waals surface area (Å²) in [6, 6.07) is 8.67. The Morgan fingerprint density at radius 3 is 2.83 bits per heavy atom. The van der Waals surface area contributed by atoms with Gasteiger partial charge in [0.25, 0.3) is 0 Å². The van der Waals surface area contributed by atoms with Gasteiger partial charge in [-0.3, -0.25) is 15.3 Å². The third-order valence-corrected chi connectivity index (χ3v) is 8.62. The topological polar surface area (TPSA) is 72.5 Å². The number of pyridine rings is 1. The number of carbonyl (C=O) groups excluding carboxylic acids is 1. The molecule has 4 fully saturated rings. The maximum Gasteiger partial charge on any atom is 0.317 e. The molecule has 0 spiro atoms. The molecule has 4 aliphatic rings. The van der Waals surface area contributed by atoms with E-state index in [1.807, 2.05) is 18.0 Å². The minimum absolute atomic E-state index is 0.00532. The average Bonchev–Trinajstić information content (AvgIpc) is 3.27. The zero-order chi connectivity index (χ0) is 24.8. The number of urea groups is 1. The van der Waals surface area contributed by atoms with Crippen molar-refractivity contribution >= 4 is 6.03 Å². The van der Waals surface area contributed by atoms with Crippen LogP contribution in [-0.2, 0) is 6.54 Å². The number of nitrogens with one attached hydrogen (secondary N) is 3. The van der Waals surface area contributed by atoms with Gasteiger partial charge in [0, 0.05) is 55.2 Å². The molecule has 1 aromatic heterocycles. The highest BCUT2D eigenvalue weighted by Crippen LogP contribution is 2.42. The van der Waals surface area contributed by atoms with Gasteiger partial charge in [0.15, 0.2) is 0 Å². The summed E-state index contributed by atoms with van der Waals surface area (Å²) >= 11 is 0. The number of hydrogen-bond acceptors (Lipinski definition) is 5. The van der Waals surface area contributed by atoms with Crippen LogP contribution >= 0.6 is 0 Å². The fraction of sp³-hybridized carbons (Fsp3) is 0.556. The van der Waals surface area contributed by atoms with Crippen molar-refractivity contribution in [1.29, 1.82) is 0 Å². The predicted molar refractivity (Wildman–Crippen MR) is 132 cm³/mol. The van der Waals surface area contributed by atoms with Crippen LogP contribution in [0.25, 0.3) is 0 Å². The lowest BCUT2D eigenvalue weighted by Gasteiger charge is -2.49. The van der Waals surface area contributed by atoms with Crippen molar-refractivity contribution in [2.24, 2.45) is 11.8 Å². The third kappa shape index (κ3) is 4.60. The summed E-state index contributed by atoms with van der Waals surface area (Å²) in [7, 11) is 0. The molecule has 9 heteroatoms. The van der Waals surface area contributed by atoms with Crippen molar-refractivity contribution in [2.45, 2.75) is 63.3 Å². The fourth-order valence-corrected chi connectivity index (χ4v) is 6.85. The largest absolute Gasteiger partial charge is 0.335 e. The molecule has 6 rings (SSSR count). The van der Waals surface area contributed by atoms with Crippen molar-refractivity contribution in [2.75, 3.05) is 19.6 Å². The zero-order valence-corrected chi connectivity index (χ0v) is 20.6. The van der Waals surface area contributed by atoms with Crippen LogP contribution in [-0.4, -0.2) is 58.6 Å². The normalized spacial score (nSPS) is 32.6. The maximum atomic E-state index is 14.2. The Morgan fingerprint density at radius 2 is 1.97 bits per heavy atom. The number of aromatic nitrogens is 1. The predicted octanol–water partition coefficient (Wildman–Crippen LogP) is 3.27. The molecule has 1 aliphatic carbocycles. The van der Waals surface area contributed by atoms with E-state index in [0.717, 1.165) is 50.5 Å². The van der Waals surface area contributed by atoms with Crippen molar-refractivity contribution in [3.8, 4) is 0 Å². The van der Waals surface area contributed by atoms with Crippen LogP contribution in [0, 0.1) is 30.4 Å². The van der Waals surface area contributed by atoms with Crippen LogP contribution in [0.15, 0.2) is 36.5 Å². The van der Waals surface area contributed by atoms with Gasteiger partial charge in [-0.05, 0) is 86.9 Å². The first-order chi connectivity index (χ1) is 17.4. The molecular formula is C27H34F2N6O. The molecule has 0 bridgehead atoms. The van der Waals surface area contributed by atoms with Gasteiger partial charge in [-0.15, -0.1) is 0 Å². The van der Waals surface area contributed by atoms with Crippen LogP contribution in [0.1, 0.15) is 48.5 Å². The molecular weight excluding hydrogens is 462 g/mol. The molecule has 1 aromatic carbocycles. The Morgan fingerprint density at radius 1 is 1.08 bits per heavy atom.